The van der Waals surface area contributed by atoms with Crippen LogP contribution in [0.2, 0.25) is 0 Å². The Bertz CT molecular complexity index is 405. The Hall–Kier alpha value is -0.820. The first-order chi connectivity index (χ1) is 8.65. The van der Waals surface area contributed by atoms with Crippen molar-refractivity contribution in [3.63, 3.8) is 0 Å². The van der Waals surface area contributed by atoms with Gasteiger partial charge in [0.2, 0.25) is 0 Å². The number of hydrogen-bond acceptors (Lipinski definition) is 4. The van der Waals surface area contributed by atoms with Gasteiger partial charge in [0.25, 0.3) is 5.91 Å². The lowest BCUT2D eigenvalue weighted by atomic mass is 10.2. The number of methoxy groups -OCH3 is 1. The predicted octanol–water partition coefficient (Wildman–Crippen LogP) is 1.54. The van der Waals surface area contributed by atoms with Gasteiger partial charge in [0.15, 0.2) is 0 Å². The molecule has 1 rings (SSSR count). The van der Waals surface area contributed by atoms with Gasteiger partial charge in [0, 0.05) is 31.2 Å². The molecule has 0 spiro atoms. The summed E-state index contributed by atoms with van der Waals surface area (Å²) in [6.45, 7) is 2.53. The maximum Gasteiger partial charge on any atom is 0.255 e. The van der Waals surface area contributed by atoms with E-state index in [0.717, 1.165) is 11.0 Å². The van der Waals surface area contributed by atoms with Crippen LogP contribution in [0.3, 0.4) is 0 Å². The summed E-state index contributed by atoms with van der Waals surface area (Å²) >= 11 is 3.26. The van der Waals surface area contributed by atoms with Crippen LogP contribution in [0.4, 0.5) is 0 Å². The number of ether oxygens (including phenoxy) is 1. The van der Waals surface area contributed by atoms with Crippen molar-refractivity contribution in [3.05, 3.63) is 28.2 Å². The fraction of sp³-hybridized carbons (Fsp3) is 0.417. The number of carbonyl (C=O) groups excluding carboxylic acids is 1. The van der Waals surface area contributed by atoms with Gasteiger partial charge in [-0.2, -0.15) is 0 Å². The fourth-order valence-electron chi connectivity index (χ4n) is 1.35. The predicted molar refractivity (Wildman–Crippen MR) is 80.1 cm³/mol. The zero-order chi connectivity index (χ0) is 13.4. The lowest BCUT2D eigenvalue weighted by molar-refractivity contribution is 0.0951. The lowest BCUT2D eigenvalue weighted by Gasteiger charge is -2.08. The highest BCUT2D eigenvalue weighted by molar-refractivity contribution is 9.10. The van der Waals surface area contributed by atoms with Crippen molar-refractivity contribution in [1.82, 2.24) is 10.6 Å². The van der Waals surface area contributed by atoms with Crippen molar-refractivity contribution in [2.45, 2.75) is 0 Å². The van der Waals surface area contributed by atoms with Gasteiger partial charge in [0.05, 0.1) is 12.2 Å². The van der Waals surface area contributed by atoms with E-state index in [2.05, 4.69) is 26.6 Å². The van der Waals surface area contributed by atoms with Crippen molar-refractivity contribution in [2.75, 3.05) is 33.4 Å². The molecule has 0 atom stereocenters. The topological polar surface area (TPSA) is 70.6 Å². The minimum atomic E-state index is -0.289. The SMILES string of the molecule is COCCNCCNC(=O)c1cc(Br)ccc1O.Cl. The van der Waals surface area contributed by atoms with Gasteiger partial charge in [-0.05, 0) is 18.2 Å². The molecule has 0 aliphatic carbocycles. The van der Waals surface area contributed by atoms with E-state index in [0.29, 0.717) is 19.7 Å². The number of halogens is 2. The van der Waals surface area contributed by atoms with Crippen molar-refractivity contribution >= 4 is 34.2 Å². The molecule has 0 unspecified atom stereocenters. The molecule has 0 aromatic heterocycles. The molecule has 1 aromatic rings. The molecular weight excluding hydrogens is 336 g/mol. The van der Waals surface area contributed by atoms with Crippen molar-refractivity contribution in [2.24, 2.45) is 0 Å². The van der Waals surface area contributed by atoms with E-state index in [-0.39, 0.29) is 29.6 Å². The molecule has 0 fully saturated rings. The van der Waals surface area contributed by atoms with E-state index in [1.165, 1.54) is 6.07 Å². The van der Waals surface area contributed by atoms with Crippen LogP contribution in [0.15, 0.2) is 22.7 Å². The van der Waals surface area contributed by atoms with E-state index < -0.39 is 0 Å². The number of phenols is 1. The first kappa shape index (κ1) is 18.2. The minimum absolute atomic E-state index is 0. The standard InChI is InChI=1S/C12H17BrN2O3.ClH/c1-18-7-6-14-4-5-15-12(17)10-8-9(13)2-3-11(10)16;/h2-3,8,14,16H,4-7H2,1H3,(H,15,17);1H. The smallest absolute Gasteiger partial charge is 0.255 e. The number of hydrogen-bond donors (Lipinski definition) is 3. The molecular formula is C12H18BrClN2O3. The summed E-state index contributed by atoms with van der Waals surface area (Å²) in [6.07, 6.45) is 0. The van der Waals surface area contributed by atoms with Crippen LogP contribution >= 0.6 is 28.3 Å². The molecule has 1 aromatic carbocycles. The quantitative estimate of drug-likeness (QED) is 0.650. The van der Waals surface area contributed by atoms with Gasteiger partial charge in [-0.15, -0.1) is 12.4 Å². The molecule has 1 amide bonds. The third-order valence-electron chi connectivity index (χ3n) is 2.27. The first-order valence-corrected chi connectivity index (χ1v) is 6.41. The maximum atomic E-state index is 11.8. The van der Waals surface area contributed by atoms with E-state index in [1.807, 2.05) is 0 Å². The van der Waals surface area contributed by atoms with Crippen LogP contribution in [-0.4, -0.2) is 44.4 Å². The second kappa shape index (κ2) is 10.0. The van der Waals surface area contributed by atoms with Gasteiger partial charge in [-0.1, -0.05) is 15.9 Å². The first-order valence-electron chi connectivity index (χ1n) is 5.61. The fourth-order valence-corrected chi connectivity index (χ4v) is 1.71. The zero-order valence-corrected chi connectivity index (χ0v) is 13.0. The summed E-state index contributed by atoms with van der Waals surface area (Å²) in [6, 6.07) is 4.75. The van der Waals surface area contributed by atoms with E-state index >= 15 is 0 Å². The van der Waals surface area contributed by atoms with Gasteiger partial charge >= 0.3 is 0 Å². The number of carbonyl (C=O) groups is 1. The Morgan fingerprint density at radius 1 is 1.37 bits per heavy atom. The van der Waals surface area contributed by atoms with Crippen LogP contribution in [0.25, 0.3) is 0 Å². The number of amides is 1. The zero-order valence-electron chi connectivity index (χ0n) is 10.6. The van der Waals surface area contributed by atoms with Crippen LogP contribution < -0.4 is 10.6 Å². The lowest BCUT2D eigenvalue weighted by Crippen LogP contribution is -2.33. The molecule has 5 nitrogen and oxygen atoms in total. The number of benzene rings is 1. The van der Waals surface area contributed by atoms with Gasteiger partial charge in [0.1, 0.15) is 5.75 Å². The minimum Gasteiger partial charge on any atom is -0.507 e. The third-order valence-corrected chi connectivity index (χ3v) is 2.77. The Morgan fingerprint density at radius 3 is 2.79 bits per heavy atom. The second-order valence-corrected chi connectivity index (χ2v) is 4.58. The van der Waals surface area contributed by atoms with Gasteiger partial charge in [-0.25, -0.2) is 0 Å². The summed E-state index contributed by atoms with van der Waals surface area (Å²) in [5, 5.41) is 15.4. The second-order valence-electron chi connectivity index (χ2n) is 3.66. The molecule has 0 aliphatic heterocycles. The Morgan fingerprint density at radius 2 is 2.11 bits per heavy atom. The summed E-state index contributed by atoms with van der Waals surface area (Å²) in [4.78, 5) is 11.8. The van der Waals surface area contributed by atoms with Crippen LogP contribution in [-0.2, 0) is 4.74 Å². The molecule has 19 heavy (non-hydrogen) atoms. The summed E-state index contributed by atoms with van der Waals surface area (Å²) in [5.74, 6) is -0.314. The summed E-state index contributed by atoms with van der Waals surface area (Å²) in [7, 11) is 1.64. The largest absolute Gasteiger partial charge is 0.507 e. The molecule has 0 radical (unpaired) electrons. The molecule has 3 N–H and O–H groups in total. The van der Waals surface area contributed by atoms with Gasteiger partial charge in [-0.3, -0.25) is 4.79 Å². The Labute approximate surface area is 127 Å². The number of rotatable bonds is 7. The normalized spacial score (nSPS) is 9.79. The Balaban J connectivity index is 0.00000324. The highest BCUT2D eigenvalue weighted by Gasteiger charge is 2.10. The molecule has 0 saturated heterocycles. The summed E-state index contributed by atoms with van der Waals surface area (Å²) in [5.41, 5.74) is 0.265. The average Bonchev–Trinajstić information content (AvgIpc) is 2.36. The van der Waals surface area contributed by atoms with Crippen molar-refractivity contribution in [1.29, 1.82) is 0 Å². The van der Waals surface area contributed by atoms with Crippen LogP contribution in [0.5, 0.6) is 5.75 Å². The molecule has 0 bridgehead atoms. The van der Waals surface area contributed by atoms with Crippen molar-refractivity contribution < 1.29 is 14.6 Å². The average molecular weight is 354 g/mol. The maximum absolute atomic E-state index is 11.8. The Kier molecular flexibility index (Phi) is 9.59. The number of aromatic hydroxyl groups is 1. The molecule has 0 heterocycles. The monoisotopic (exact) mass is 352 g/mol. The van der Waals surface area contributed by atoms with E-state index in [9.17, 15) is 9.90 Å². The number of phenolic OH excluding ortho intramolecular Hbond substituents is 1. The number of nitrogens with one attached hydrogen (secondary N) is 2. The van der Waals surface area contributed by atoms with E-state index in [1.54, 1.807) is 19.2 Å². The molecule has 7 heteroatoms. The molecule has 0 aliphatic rings. The molecule has 108 valence electrons. The van der Waals surface area contributed by atoms with Crippen LogP contribution in [0.1, 0.15) is 10.4 Å². The van der Waals surface area contributed by atoms with Gasteiger partial charge < -0.3 is 20.5 Å². The van der Waals surface area contributed by atoms with E-state index in [4.69, 9.17) is 4.74 Å². The van der Waals surface area contributed by atoms with Crippen molar-refractivity contribution in [3.8, 4) is 5.75 Å². The third kappa shape index (κ3) is 6.77. The summed E-state index contributed by atoms with van der Waals surface area (Å²) < 4.78 is 5.63. The highest BCUT2D eigenvalue weighted by atomic mass is 79.9. The van der Waals surface area contributed by atoms with Crippen LogP contribution in [0, 0.1) is 0 Å². The molecule has 0 saturated carbocycles. The highest BCUT2D eigenvalue weighted by Crippen LogP contribution is 2.21.